The van der Waals surface area contributed by atoms with E-state index in [1.807, 2.05) is 5.57 Å². The minimum absolute atomic E-state index is 0.514. The number of fused-ring (bicyclic) bond motifs is 3. The molecule has 1 fully saturated rings. The average molecular weight is 191 g/mol. The second kappa shape index (κ2) is 3.37. The third-order valence-corrected chi connectivity index (χ3v) is 4.68. The van der Waals surface area contributed by atoms with Crippen LogP contribution in [0.15, 0.2) is 11.1 Å². The van der Waals surface area contributed by atoms with Gasteiger partial charge < -0.3 is 5.73 Å². The summed E-state index contributed by atoms with van der Waals surface area (Å²) in [5.41, 5.74) is 9.99. The lowest BCUT2D eigenvalue weighted by atomic mass is 9.63. The van der Waals surface area contributed by atoms with Crippen LogP contribution in [0.25, 0.3) is 0 Å². The third kappa shape index (κ3) is 1.25. The van der Waals surface area contributed by atoms with Crippen LogP contribution in [0.1, 0.15) is 51.4 Å². The van der Waals surface area contributed by atoms with Crippen LogP contribution in [0, 0.1) is 11.8 Å². The molecule has 0 unspecified atom stereocenters. The summed E-state index contributed by atoms with van der Waals surface area (Å²) < 4.78 is 0. The van der Waals surface area contributed by atoms with Gasteiger partial charge in [0.15, 0.2) is 0 Å². The van der Waals surface area contributed by atoms with Crippen LogP contribution in [-0.4, -0.2) is 6.04 Å². The topological polar surface area (TPSA) is 26.0 Å². The first-order valence-electron chi connectivity index (χ1n) is 6.32. The molecule has 0 aromatic carbocycles. The van der Waals surface area contributed by atoms with Crippen LogP contribution < -0.4 is 5.73 Å². The van der Waals surface area contributed by atoms with E-state index in [1.54, 1.807) is 5.57 Å². The van der Waals surface area contributed by atoms with Crippen molar-refractivity contribution in [3.8, 4) is 0 Å². The molecule has 0 amide bonds. The summed E-state index contributed by atoms with van der Waals surface area (Å²) in [4.78, 5) is 0. The molecule has 2 N–H and O–H groups in total. The highest BCUT2D eigenvalue weighted by molar-refractivity contribution is 5.26. The van der Waals surface area contributed by atoms with Gasteiger partial charge in [-0.05, 0) is 56.8 Å². The fourth-order valence-corrected chi connectivity index (χ4v) is 3.95. The quantitative estimate of drug-likeness (QED) is 0.585. The van der Waals surface area contributed by atoms with E-state index in [4.69, 9.17) is 5.73 Å². The molecule has 0 radical (unpaired) electrons. The van der Waals surface area contributed by atoms with E-state index in [1.165, 1.54) is 51.4 Å². The second-order valence-electron chi connectivity index (χ2n) is 5.41. The summed E-state index contributed by atoms with van der Waals surface area (Å²) in [5, 5.41) is 0. The Morgan fingerprint density at radius 2 is 1.86 bits per heavy atom. The van der Waals surface area contributed by atoms with Gasteiger partial charge in [0, 0.05) is 6.04 Å². The van der Waals surface area contributed by atoms with Crippen molar-refractivity contribution in [1.29, 1.82) is 0 Å². The predicted molar refractivity (Wildman–Crippen MR) is 58.9 cm³/mol. The number of rotatable bonds is 0. The zero-order valence-electron chi connectivity index (χ0n) is 8.97. The van der Waals surface area contributed by atoms with E-state index in [2.05, 4.69) is 0 Å². The Morgan fingerprint density at radius 3 is 2.79 bits per heavy atom. The van der Waals surface area contributed by atoms with Gasteiger partial charge in [0.25, 0.3) is 0 Å². The van der Waals surface area contributed by atoms with Gasteiger partial charge in [-0.2, -0.15) is 0 Å². The monoisotopic (exact) mass is 191 g/mol. The smallest absolute Gasteiger partial charge is 0.0136 e. The molecule has 3 aliphatic rings. The van der Waals surface area contributed by atoms with Crippen LogP contribution in [0.4, 0.5) is 0 Å². The van der Waals surface area contributed by atoms with Crippen LogP contribution in [0.3, 0.4) is 0 Å². The van der Waals surface area contributed by atoms with Crippen LogP contribution in [0.2, 0.25) is 0 Å². The number of nitrogens with two attached hydrogens (primary N) is 1. The van der Waals surface area contributed by atoms with Crippen LogP contribution in [-0.2, 0) is 0 Å². The molecule has 0 spiro atoms. The molecule has 0 aliphatic heterocycles. The van der Waals surface area contributed by atoms with Crippen molar-refractivity contribution in [2.75, 3.05) is 0 Å². The third-order valence-electron chi connectivity index (χ3n) is 4.68. The fourth-order valence-electron chi connectivity index (χ4n) is 3.95. The van der Waals surface area contributed by atoms with Gasteiger partial charge in [0.05, 0.1) is 0 Å². The van der Waals surface area contributed by atoms with Gasteiger partial charge in [-0.15, -0.1) is 0 Å². The molecule has 14 heavy (non-hydrogen) atoms. The lowest BCUT2D eigenvalue weighted by molar-refractivity contribution is 0.213. The van der Waals surface area contributed by atoms with Gasteiger partial charge in [-0.25, -0.2) is 0 Å². The van der Waals surface area contributed by atoms with Crippen molar-refractivity contribution in [3.05, 3.63) is 11.1 Å². The molecule has 0 aromatic rings. The lowest BCUT2D eigenvalue weighted by Gasteiger charge is -2.44. The number of allylic oxidation sites excluding steroid dienone is 1. The first-order chi connectivity index (χ1) is 6.86. The normalized spacial score (nSPS) is 42.2. The zero-order valence-corrected chi connectivity index (χ0v) is 8.97. The Labute approximate surface area is 86.8 Å². The summed E-state index contributed by atoms with van der Waals surface area (Å²) in [6, 6.07) is 0.514. The Balaban J connectivity index is 1.95. The largest absolute Gasteiger partial charge is 0.327 e. The van der Waals surface area contributed by atoms with Gasteiger partial charge in [0.1, 0.15) is 0 Å². The maximum absolute atomic E-state index is 6.36. The Kier molecular flexibility index (Phi) is 2.16. The van der Waals surface area contributed by atoms with Gasteiger partial charge >= 0.3 is 0 Å². The van der Waals surface area contributed by atoms with Crippen molar-refractivity contribution in [2.24, 2.45) is 17.6 Å². The molecule has 0 saturated heterocycles. The minimum Gasteiger partial charge on any atom is -0.327 e. The van der Waals surface area contributed by atoms with Crippen molar-refractivity contribution < 1.29 is 0 Å². The Hall–Kier alpha value is -0.300. The van der Waals surface area contributed by atoms with Gasteiger partial charge in [-0.3, -0.25) is 0 Å². The van der Waals surface area contributed by atoms with E-state index in [-0.39, 0.29) is 0 Å². The molecule has 1 nitrogen and oxygen atoms in total. The van der Waals surface area contributed by atoms with Gasteiger partial charge in [-0.1, -0.05) is 17.6 Å². The Bertz CT molecular complexity index is 266. The predicted octanol–water partition coefficient (Wildman–Crippen LogP) is 3.00. The number of hydrogen-bond donors (Lipinski definition) is 1. The van der Waals surface area contributed by atoms with Crippen molar-refractivity contribution >= 4 is 0 Å². The molecule has 1 heteroatoms. The lowest BCUT2D eigenvalue weighted by Crippen LogP contribution is -2.45. The molecule has 0 heterocycles. The average Bonchev–Trinajstić information content (AvgIpc) is 2.18. The molecular weight excluding hydrogens is 170 g/mol. The molecule has 0 aromatic heterocycles. The summed E-state index contributed by atoms with van der Waals surface area (Å²) in [6.07, 6.45) is 11.2. The van der Waals surface area contributed by atoms with Crippen molar-refractivity contribution in [2.45, 2.75) is 57.4 Å². The molecule has 1 saturated carbocycles. The minimum atomic E-state index is 0.514. The SMILES string of the molecule is N[C@H]1[C@H]2CCC[C@@H]1C1=C(CCCC1)C2. The molecule has 2 bridgehead atoms. The standard InChI is InChI=1S/C13H21N/c14-13-10-5-3-7-12(13)11-6-2-1-4-9(11)8-10/h10,12-13H,1-8,14H2/t10-,12+,13-/m0/s1. The zero-order chi connectivity index (χ0) is 9.54. The van der Waals surface area contributed by atoms with Gasteiger partial charge in [0.2, 0.25) is 0 Å². The highest BCUT2D eigenvalue weighted by Gasteiger charge is 2.38. The summed E-state index contributed by atoms with van der Waals surface area (Å²) in [5.74, 6) is 1.63. The van der Waals surface area contributed by atoms with E-state index >= 15 is 0 Å². The highest BCUT2D eigenvalue weighted by Crippen LogP contribution is 2.47. The number of hydrogen-bond acceptors (Lipinski definition) is 1. The van der Waals surface area contributed by atoms with Crippen LogP contribution >= 0.6 is 0 Å². The molecular formula is C13H21N. The highest BCUT2D eigenvalue weighted by atomic mass is 14.7. The van der Waals surface area contributed by atoms with E-state index in [0.29, 0.717) is 6.04 Å². The summed E-state index contributed by atoms with van der Waals surface area (Å²) in [7, 11) is 0. The second-order valence-corrected chi connectivity index (χ2v) is 5.41. The maximum Gasteiger partial charge on any atom is 0.0136 e. The fraction of sp³-hybridized carbons (Fsp3) is 0.846. The molecule has 3 rings (SSSR count). The van der Waals surface area contributed by atoms with E-state index < -0.39 is 0 Å². The van der Waals surface area contributed by atoms with Crippen LogP contribution in [0.5, 0.6) is 0 Å². The summed E-state index contributed by atoms with van der Waals surface area (Å²) in [6.45, 7) is 0. The molecule has 3 aliphatic carbocycles. The van der Waals surface area contributed by atoms with Crippen molar-refractivity contribution in [3.63, 3.8) is 0 Å². The molecule has 78 valence electrons. The molecule has 3 atom stereocenters. The van der Waals surface area contributed by atoms with E-state index in [9.17, 15) is 0 Å². The summed E-state index contributed by atoms with van der Waals surface area (Å²) >= 11 is 0. The first kappa shape index (κ1) is 8.96. The van der Waals surface area contributed by atoms with Crippen molar-refractivity contribution in [1.82, 2.24) is 0 Å². The van der Waals surface area contributed by atoms with E-state index in [0.717, 1.165) is 11.8 Å². The maximum atomic E-state index is 6.36. The Morgan fingerprint density at radius 1 is 1.00 bits per heavy atom. The first-order valence-corrected chi connectivity index (χ1v) is 6.32.